The smallest absolute Gasteiger partial charge is 0.224 e. The molecule has 0 fully saturated rings. The maximum atomic E-state index is 12.0. The number of aromatic nitrogens is 2. The number of amides is 1. The SMILES string of the molecule is CC(C)(C)c1ncncc1CCC(=O)Nc1ccc(O)cc1. The number of anilines is 1. The normalized spacial score (nSPS) is 11.2. The van der Waals surface area contributed by atoms with Crippen LogP contribution in [-0.4, -0.2) is 21.0 Å². The maximum absolute atomic E-state index is 12.0. The van der Waals surface area contributed by atoms with Gasteiger partial charge >= 0.3 is 0 Å². The summed E-state index contributed by atoms with van der Waals surface area (Å²) in [4.78, 5) is 20.4. The third-order valence-electron chi connectivity index (χ3n) is 3.27. The van der Waals surface area contributed by atoms with Crippen molar-refractivity contribution in [1.82, 2.24) is 9.97 Å². The van der Waals surface area contributed by atoms with Gasteiger partial charge in [0.2, 0.25) is 5.91 Å². The van der Waals surface area contributed by atoms with Gasteiger partial charge in [0, 0.05) is 23.7 Å². The number of nitrogens with one attached hydrogen (secondary N) is 1. The Hall–Kier alpha value is -2.43. The second kappa shape index (κ2) is 6.56. The lowest BCUT2D eigenvalue weighted by Crippen LogP contribution is -2.18. The van der Waals surface area contributed by atoms with Gasteiger partial charge in [0.15, 0.2) is 0 Å². The highest BCUT2D eigenvalue weighted by Gasteiger charge is 2.19. The second-order valence-corrected chi connectivity index (χ2v) is 6.24. The second-order valence-electron chi connectivity index (χ2n) is 6.24. The number of aromatic hydroxyl groups is 1. The van der Waals surface area contributed by atoms with Crippen LogP contribution in [0.5, 0.6) is 5.75 Å². The van der Waals surface area contributed by atoms with Gasteiger partial charge < -0.3 is 10.4 Å². The number of nitrogens with zero attached hydrogens (tertiary/aromatic N) is 2. The Bertz CT molecular complexity index is 646. The first-order valence-electron chi connectivity index (χ1n) is 7.24. The predicted molar refractivity (Wildman–Crippen MR) is 85.8 cm³/mol. The molecule has 0 atom stereocenters. The molecule has 1 aromatic heterocycles. The summed E-state index contributed by atoms with van der Waals surface area (Å²) in [5.74, 6) is 0.101. The summed E-state index contributed by atoms with van der Waals surface area (Å²) in [7, 11) is 0. The molecule has 0 saturated carbocycles. The zero-order chi connectivity index (χ0) is 16.2. The molecule has 22 heavy (non-hydrogen) atoms. The molecule has 0 aliphatic heterocycles. The molecule has 2 N–H and O–H groups in total. The van der Waals surface area contributed by atoms with Gasteiger partial charge in [0.05, 0.1) is 5.69 Å². The Labute approximate surface area is 130 Å². The fourth-order valence-electron chi connectivity index (χ4n) is 2.23. The number of rotatable bonds is 4. The van der Waals surface area contributed by atoms with E-state index in [1.54, 1.807) is 36.8 Å². The lowest BCUT2D eigenvalue weighted by Gasteiger charge is -2.20. The van der Waals surface area contributed by atoms with Gasteiger partial charge in [-0.3, -0.25) is 4.79 Å². The number of carbonyl (C=O) groups excluding carboxylic acids is 1. The van der Waals surface area contributed by atoms with Crippen LogP contribution in [0, 0.1) is 0 Å². The van der Waals surface area contributed by atoms with E-state index >= 15 is 0 Å². The lowest BCUT2D eigenvalue weighted by molar-refractivity contribution is -0.116. The summed E-state index contributed by atoms with van der Waals surface area (Å²) >= 11 is 0. The van der Waals surface area contributed by atoms with E-state index in [0.29, 0.717) is 18.5 Å². The number of phenols is 1. The molecule has 116 valence electrons. The van der Waals surface area contributed by atoms with Gasteiger partial charge in [-0.2, -0.15) is 0 Å². The standard InChI is InChI=1S/C17H21N3O2/c1-17(2,3)16-12(10-18-11-19-16)4-9-15(22)20-13-5-7-14(21)8-6-13/h5-8,10-11,21H,4,9H2,1-3H3,(H,20,22). The molecule has 0 unspecified atom stereocenters. The third kappa shape index (κ3) is 4.28. The molecule has 0 spiro atoms. The van der Waals surface area contributed by atoms with Crippen LogP contribution in [0.15, 0.2) is 36.8 Å². The van der Waals surface area contributed by atoms with Gasteiger partial charge in [0.1, 0.15) is 12.1 Å². The van der Waals surface area contributed by atoms with Gasteiger partial charge in [-0.25, -0.2) is 9.97 Å². The quantitative estimate of drug-likeness (QED) is 0.851. The lowest BCUT2D eigenvalue weighted by atomic mass is 9.88. The Kier molecular flexibility index (Phi) is 4.75. The van der Waals surface area contributed by atoms with E-state index in [2.05, 4.69) is 36.1 Å². The summed E-state index contributed by atoms with van der Waals surface area (Å²) in [6.07, 6.45) is 4.27. The largest absolute Gasteiger partial charge is 0.508 e. The van der Waals surface area contributed by atoms with Gasteiger partial charge in [0.25, 0.3) is 0 Å². The Morgan fingerprint density at radius 3 is 2.55 bits per heavy atom. The molecule has 1 heterocycles. The van der Waals surface area contributed by atoms with Crippen LogP contribution >= 0.6 is 0 Å². The molecule has 0 aliphatic carbocycles. The van der Waals surface area contributed by atoms with E-state index in [1.807, 2.05) is 0 Å². The zero-order valence-electron chi connectivity index (χ0n) is 13.1. The molecule has 5 heteroatoms. The Morgan fingerprint density at radius 2 is 1.91 bits per heavy atom. The van der Waals surface area contributed by atoms with E-state index in [9.17, 15) is 9.90 Å². The number of phenolic OH excluding ortho intramolecular Hbond substituents is 1. The van der Waals surface area contributed by atoms with Crippen molar-refractivity contribution in [1.29, 1.82) is 0 Å². The van der Waals surface area contributed by atoms with E-state index < -0.39 is 0 Å². The van der Waals surface area contributed by atoms with Crippen molar-refractivity contribution in [3.8, 4) is 5.75 Å². The molecule has 2 aromatic rings. The van der Waals surface area contributed by atoms with Crippen LogP contribution < -0.4 is 5.32 Å². The summed E-state index contributed by atoms with van der Waals surface area (Å²) in [5, 5.41) is 12.0. The molecule has 0 saturated heterocycles. The molecule has 0 radical (unpaired) electrons. The van der Waals surface area contributed by atoms with Crippen LogP contribution in [0.2, 0.25) is 0 Å². The van der Waals surface area contributed by atoms with Crippen molar-refractivity contribution in [3.05, 3.63) is 48.0 Å². The van der Waals surface area contributed by atoms with Gasteiger partial charge in [-0.05, 0) is 36.2 Å². The Balaban J connectivity index is 1.98. The number of carbonyl (C=O) groups is 1. The third-order valence-corrected chi connectivity index (χ3v) is 3.27. The first kappa shape index (κ1) is 15.9. The minimum Gasteiger partial charge on any atom is -0.508 e. The van der Waals surface area contributed by atoms with Crippen LogP contribution in [0.3, 0.4) is 0 Å². The highest BCUT2D eigenvalue weighted by Crippen LogP contribution is 2.23. The zero-order valence-corrected chi connectivity index (χ0v) is 13.1. The predicted octanol–water partition coefficient (Wildman–Crippen LogP) is 3.05. The van der Waals surface area contributed by atoms with E-state index in [0.717, 1.165) is 11.3 Å². The van der Waals surface area contributed by atoms with Crippen LogP contribution in [-0.2, 0) is 16.6 Å². The van der Waals surface area contributed by atoms with E-state index in [4.69, 9.17) is 0 Å². The number of aryl methyl sites for hydroxylation is 1. The molecule has 5 nitrogen and oxygen atoms in total. The van der Waals surface area contributed by atoms with Crippen LogP contribution in [0.1, 0.15) is 38.4 Å². The molecule has 0 bridgehead atoms. The van der Waals surface area contributed by atoms with Crippen LogP contribution in [0.4, 0.5) is 5.69 Å². The summed E-state index contributed by atoms with van der Waals surface area (Å²) in [6, 6.07) is 6.41. The summed E-state index contributed by atoms with van der Waals surface area (Å²) < 4.78 is 0. The number of benzene rings is 1. The van der Waals surface area contributed by atoms with Crippen molar-refractivity contribution < 1.29 is 9.90 Å². The average Bonchev–Trinajstić information content (AvgIpc) is 2.47. The fourth-order valence-corrected chi connectivity index (χ4v) is 2.23. The van der Waals surface area contributed by atoms with Crippen LogP contribution in [0.25, 0.3) is 0 Å². The Morgan fingerprint density at radius 1 is 1.23 bits per heavy atom. The minimum atomic E-state index is -0.0777. The number of hydrogen-bond donors (Lipinski definition) is 2. The molecule has 2 rings (SSSR count). The van der Waals surface area contributed by atoms with Crippen molar-refractivity contribution >= 4 is 11.6 Å². The van der Waals surface area contributed by atoms with Crippen molar-refractivity contribution in [3.63, 3.8) is 0 Å². The monoisotopic (exact) mass is 299 g/mol. The first-order valence-corrected chi connectivity index (χ1v) is 7.24. The first-order chi connectivity index (χ1) is 10.4. The fraction of sp³-hybridized carbons (Fsp3) is 0.353. The van der Waals surface area contributed by atoms with Crippen molar-refractivity contribution in [2.75, 3.05) is 5.32 Å². The van der Waals surface area contributed by atoms with Crippen molar-refractivity contribution in [2.45, 2.75) is 39.0 Å². The van der Waals surface area contributed by atoms with Crippen molar-refractivity contribution in [2.24, 2.45) is 0 Å². The topological polar surface area (TPSA) is 75.1 Å². The van der Waals surface area contributed by atoms with Gasteiger partial charge in [-0.15, -0.1) is 0 Å². The molecule has 0 aliphatic rings. The molecular weight excluding hydrogens is 278 g/mol. The minimum absolute atomic E-state index is 0.0746. The maximum Gasteiger partial charge on any atom is 0.224 e. The number of hydrogen-bond acceptors (Lipinski definition) is 4. The van der Waals surface area contributed by atoms with E-state index in [-0.39, 0.29) is 17.1 Å². The average molecular weight is 299 g/mol. The highest BCUT2D eigenvalue weighted by atomic mass is 16.3. The summed E-state index contributed by atoms with van der Waals surface area (Å²) in [6.45, 7) is 6.28. The van der Waals surface area contributed by atoms with E-state index in [1.165, 1.54) is 0 Å². The van der Waals surface area contributed by atoms with Gasteiger partial charge in [-0.1, -0.05) is 20.8 Å². The molecule has 1 aromatic carbocycles. The summed E-state index contributed by atoms with van der Waals surface area (Å²) in [5.41, 5.74) is 2.56. The molecule has 1 amide bonds. The molecular formula is C17H21N3O2. The highest BCUT2D eigenvalue weighted by molar-refractivity contribution is 5.90.